The Morgan fingerprint density at radius 3 is 2.42 bits per heavy atom. The van der Waals surface area contributed by atoms with Crippen LogP contribution in [0.3, 0.4) is 0 Å². The summed E-state index contributed by atoms with van der Waals surface area (Å²) in [6, 6.07) is 12.8. The number of aromatic nitrogens is 1. The highest BCUT2D eigenvalue weighted by molar-refractivity contribution is 7.07. The molecule has 0 N–H and O–H groups in total. The van der Waals surface area contributed by atoms with Crippen LogP contribution in [0.25, 0.3) is 17.4 Å². The third-order valence-corrected chi connectivity index (χ3v) is 8.47. The second kappa shape index (κ2) is 14.6. The number of methoxy groups -OCH3 is 2. The van der Waals surface area contributed by atoms with Gasteiger partial charge in [0.15, 0.2) is 22.9 Å². The molecule has 4 aromatic rings. The molecule has 0 spiro atoms. The summed E-state index contributed by atoms with van der Waals surface area (Å²) in [6.07, 6.45) is 1.63. The quantitative estimate of drug-likeness (QED) is 0.168. The number of ether oxygens (including phenoxy) is 5. The minimum atomic E-state index is -0.903. The first-order valence-electron chi connectivity index (χ1n) is 15.0. The lowest BCUT2D eigenvalue weighted by Gasteiger charge is -2.25. The summed E-state index contributed by atoms with van der Waals surface area (Å²) in [6.45, 7) is 7.15. The molecular formula is C35H34N2O10S. The molecule has 1 aliphatic rings. The van der Waals surface area contributed by atoms with Crippen LogP contribution < -0.4 is 24.4 Å². The van der Waals surface area contributed by atoms with Crippen molar-refractivity contribution in [2.75, 3.05) is 34.0 Å². The summed E-state index contributed by atoms with van der Waals surface area (Å²) >= 11 is 1.16. The van der Waals surface area contributed by atoms with Crippen molar-refractivity contribution in [3.63, 3.8) is 0 Å². The van der Waals surface area contributed by atoms with E-state index >= 15 is 0 Å². The molecule has 0 saturated heterocycles. The molecule has 0 saturated carbocycles. The third-order valence-electron chi connectivity index (χ3n) is 7.49. The number of aryl methyl sites for hydroxylation is 1. The zero-order valence-corrected chi connectivity index (χ0v) is 28.1. The number of carbonyl (C=O) groups is 3. The fourth-order valence-electron chi connectivity index (χ4n) is 5.27. The number of esters is 3. The average Bonchev–Trinajstić information content (AvgIpc) is 3.66. The molecule has 1 aliphatic heterocycles. The molecule has 250 valence electrons. The van der Waals surface area contributed by atoms with Crippen molar-refractivity contribution >= 4 is 35.3 Å². The van der Waals surface area contributed by atoms with Gasteiger partial charge in [-0.2, -0.15) is 0 Å². The fourth-order valence-corrected chi connectivity index (χ4v) is 6.30. The molecule has 48 heavy (non-hydrogen) atoms. The number of allylic oxidation sites excluding steroid dienone is 1. The normalized spacial score (nSPS) is 14.2. The predicted molar refractivity (Wildman–Crippen MR) is 176 cm³/mol. The van der Waals surface area contributed by atoms with Crippen LogP contribution in [0.15, 0.2) is 74.0 Å². The molecule has 13 heteroatoms. The van der Waals surface area contributed by atoms with E-state index in [1.165, 1.54) is 18.8 Å². The Balaban J connectivity index is 1.59. The van der Waals surface area contributed by atoms with Crippen LogP contribution in [0.5, 0.6) is 11.5 Å². The van der Waals surface area contributed by atoms with Crippen LogP contribution in [0.1, 0.15) is 54.1 Å². The van der Waals surface area contributed by atoms with Crippen molar-refractivity contribution in [1.82, 2.24) is 4.57 Å². The number of hydrogen-bond acceptors (Lipinski definition) is 12. The van der Waals surface area contributed by atoms with Crippen LogP contribution in [-0.4, -0.2) is 56.5 Å². The molecule has 0 unspecified atom stereocenters. The van der Waals surface area contributed by atoms with Gasteiger partial charge in [0.05, 0.1) is 54.8 Å². The Morgan fingerprint density at radius 2 is 1.73 bits per heavy atom. The van der Waals surface area contributed by atoms with Crippen LogP contribution in [0, 0.1) is 6.92 Å². The number of benzene rings is 2. The van der Waals surface area contributed by atoms with E-state index in [9.17, 15) is 19.2 Å². The molecule has 2 aromatic carbocycles. The number of thiazole rings is 1. The molecule has 3 heterocycles. The van der Waals surface area contributed by atoms with Crippen LogP contribution in [-0.2, 0) is 23.8 Å². The first kappa shape index (κ1) is 33.9. The predicted octanol–water partition coefficient (Wildman–Crippen LogP) is 4.10. The van der Waals surface area contributed by atoms with E-state index in [-0.39, 0.29) is 18.8 Å². The minimum Gasteiger partial charge on any atom is -0.490 e. The Hall–Kier alpha value is -5.43. The van der Waals surface area contributed by atoms with E-state index < -0.39 is 29.5 Å². The molecule has 0 aliphatic carbocycles. The van der Waals surface area contributed by atoms with Crippen molar-refractivity contribution < 1.29 is 42.5 Å². The van der Waals surface area contributed by atoms with Crippen molar-refractivity contribution in [1.29, 1.82) is 0 Å². The molecule has 5 rings (SSSR count). The van der Waals surface area contributed by atoms with Gasteiger partial charge in [0, 0.05) is 11.6 Å². The summed E-state index contributed by atoms with van der Waals surface area (Å²) in [5.74, 6) is -0.0119. The average molecular weight is 675 g/mol. The van der Waals surface area contributed by atoms with E-state index in [2.05, 4.69) is 9.73 Å². The number of hydrogen-bond donors (Lipinski definition) is 0. The molecule has 0 fully saturated rings. The van der Waals surface area contributed by atoms with Crippen molar-refractivity contribution in [3.05, 3.63) is 102 Å². The number of rotatable bonds is 11. The first-order chi connectivity index (χ1) is 23.1. The topological polar surface area (TPSA) is 145 Å². The number of nitrogens with zero attached hydrogens (tertiary/aromatic N) is 2. The third kappa shape index (κ3) is 6.81. The van der Waals surface area contributed by atoms with E-state index in [1.54, 1.807) is 75.4 Å². The minimum absolute atomic E-state index is 0.128. The number of fused-ring (bicyclic) bond motifs is 1. The van der Waals surface area contributed by atoms with Gasteiger partial charge in [-0.05, 0) is 75.2 Å². The van der Waals surface area contributed by atoms with Gasteiger partial charge in [-0.1, -0.05) is 23.5 Å². The van der Waals surface area contributed by atoms with E-state index in [0.29, 0.717) is 55.8 Å². The monoisotopic (exact) mass is 674 g/mol. The molecule has 0 radical (unpaired) electrons. The fraction of sp³-hybridized carbons (Fsp3) is 0.286. The molecule has 2 aromatic heterocycles. The molecule has 12 nitrogen and oxygen atoms in total. The second-order valence-electron chi connectivity index (χ2n) is 10.5. The van der Waals surface area contributed by atoms with Gasteiger partial charge in [-0.15, -0.1) is 0 Å². The van der Waals surface area contributed by atoms with E-state index in [1.807, 2.05) is 6.92 Å². The Bertz CT molecular complexity index is 2100. The number of furan rings is 1. The summed E-state index contributed by atoms with van der Waals surface area (Å²) in [7, 11) is 2.59. The van der Waals surface area contributed by atoms with Crippen molar-refractivity contribution in [3.8, 4) is 22.8 Å². The van der Waals surface area contributed by atoms with Gasteiger partial charge in [0.25, 0.3) is 5.56 Å². The maximum atomic E-state index is 14.1. The van der Waals surface area contributed by atoms with Crippen LogP contribution in [0.2, 0.25) is 0 Å². The summed E-state index contributed by atoms with van der Waals surface area (Å²) in [5, 5.41) is 0. The molecular weight excluding hydrogens is 640 g/mol. The number of carbonyl (C=O) groups excluding carboxylic acids is 3. The highest BCUT2D eigenvalue weighted by Gasteiger charge is 2.34. The Morgan fingerprint density at radius 1 is 0.938 bits per heavy atom. The molecule has 0 amide bonds. The van der Waals surface area contributed by atoms with Gasteiger partial charge >= 0.3 is 17.9 Å². The van der Waals surface area contributed by atoms with Gasteiger partial charge in [-0.3, -0.25) is 9.36 Å². The highest BCUT2D eigenvalue weighted by atomic mass is 32.1. The highest BCUT2D eigenvalue weighted by Crippen LogP contribution is 2.36. The summed E-state index contributed by atoms with van der Waals surface area (Å²) < 4.78 is 34.2. The van der Waals surface area contributed by atoms with Gasteiger partial charge < -0.3 is 28.1 Å². The van der Waals surface area contributed by atoms with Crippen molar-refractivity contribution in [2.45, 2.75) is 33.7 Å². The van der Waals surface area contributed by atoms with Crippen LogP contribution >= 0.6 is 11.3 Å². The zero-order chi connectivity index (χ0) is 34.5. The van der Waals surface area contributed by atoms with Gasteiger partial charge in [-0.25, -0.2) is 19.4 Å². The molecule has 1 atom stereocenters. The maximum absolute atomic E-state index is 14.1. The van der Waals surface area contributed by atoms with Crippen molar-refractivity contribution in [2.24, 2.45) is 4.99 Å². The van der Waals surface area contributed by atoms with E-state index in [0.717, 1.165) is 22.5 Å². The van der Waals surface area contributed by atoms with E-state index in [4.69, 9.17) is 23.4 Å². The largest absolute Gasteiger partial charge is 0.490 e. The lowest BCUT2D eigenvalue weighted by Crippen LogP contribution is -2.40. The SMILES string of the molecule is CCOC(=O)C1=C(C)N=c2s/c(=C\c3ccc(-c4ccc(C(=O)OC)cc4C)o3)c(=O)n2[C@H]1c1ccc(OCC(=O)OC)c(OCC)c1. The smallest absolute Gasteiger partial charge is 0.343 e. The van der Waals surface area contributed by atoms with Gasteiger partial charge in [0.2, 0.25) is 0 Å². The first-order valence-corrected chi connectivity index (χ1v) is 15.9. The standard InChI is InChI=1S/C35H34N2O10S/c1-7-44-27-16-21(10-13-26(27)46-18-29(38)42-5)31-30(34(41)45-8-2)20(4)36-35-37(31)32(39)28(48-35)17-23-11-14-25(47-23)24-12-9-22(15-19(24)3)33(40)43-6/h9-17,31H,7-8,18H2,1-6H3/b28-17-/t31-/m0/s1. The lowest BCUT2D eigenvalue weighted by atomic mass is 9.95. The van der Waals surface area contributed by atoms with Gasteiger partial charge in [0.1, 0.15) is 11.5 Å². The Kier molecular flexibility index (Phi) is 10.3. The summed E-state index contributed by atoms with van der Waals surface area (Å²) in [5.41, 5.74) is 2.78. The lowest BCUT2D eigenvalue weighted by molar-refractivity contribution is -0.143. The zero-order valence-electron chi connectivity index (χ0n) is 27.3. The Labute approximate surface area is 279 Å². The maximum Gasteiger partial charge on any atom is 0.343 e. The second-order valence-corrected chi connectivity index (χ2v) is 11.5. The summed E-state index contributed by atoms with van der Waals surface area (Å²) in [4.78, 5) is 56.1. The van der Waals surface area contributed by atoms with Crippen LogP contribution in [0.4, 0.5) is 0 Å². The molecule has 0 bridgehead atoms.